The highest BCUT2D eigenvalue weighted by atomic mass is 32.2. The van der Waals surface area contributed by atoms with Gasteiger partial charge in [0.1, 0.15) is 11.9 Å². The van der Waals surface area contributed by atoms with Gasteiger partial charge in [0.25, 0.3) is 0 Å². The molecule has 0 fully saturated rings. The van der Waals surface area contributed by atoms with Crippen LogP contribution in [-0.2, 0) is 14.3 Å². The number of halogens is 1. The van der Waals surface area contributed by atoms with E-state index in [4.69, 9.17) is 5.26 Å². The van der Waals surface area contributed by atoms with Crippen LogP contribution in [0, 0.1) is 17.1 Å². The fourth-order valence-electron chi connectivity index (χ4n) is 1.06. The number of hydrogen-bond acceptors (Lipinski definition) is 6. The second kappa shape index (κ2) is 5.46. The highest BCUT2D eigenvalue weighted by Crippen LogP contribution is 2.13. The van der Waals surface area contributed by atoms with Gasteiger partial charge in [-0.05, 0) is 18.2 Å². The maximum atomic E-state index is 13.0. The number of nitrogens with zero attached hydrogens (tertiary/aromatic N) is 2. The van der Waals surface area contributed by atoms with Crippen molar-refractivity contribution in [2.45, 2.75) is 6.92 Å². The Labute approximate surface area is 104 Å². The Morgan fingerprint density at radius 1 is 1.56 bits per heavy atom. The predicted molar refractivity (Wildman–Crippen MR) is 63.8 cm³/mol. The first-order valence-corrected chi connectivity index (χ1v) is 6.53. The van der Waals surface area contributed by atoms with Crippen molar-refractivity contribution < 1.29 is 17.0 Å². The molecule has 0 unspecified atom stereocenters. The molecule has 1 aromatic rings. The van der Waals surface area contributed by atoms with Gasteiger partial charge in [0.15, 0.2) is 0 Å². The van der Waals surface area contributed by atoms with Crippen LogP contribution in [0.15, 0.2) is 23.3 Å². The minimum atomic E-state index is -3.63. The maximum absolute atomic E-state index is 13.0. The number of nitrogens with one attached hydrogen (secondary N) is 1. The third kappa shape index (κ3) is 4.39. The number of hydrogen-bond donors (Lipinski definition) is 1. The number of anilines is 1. The molecule has 0 bridgehead atoms. The summed E-state index contributed by atoms with van der Waals surface area (Å²) >= 11 is 0. The highest BCUT2D eigenvalue weighted by molar-refractivity contribution is 7.86. The summed E-state index contributed by atoms with van der Waals surface area (Å²) in [6.07, 6.45) is 0.887. The van der Waals surface area contributed by atoms with Crippen molar-refractivity contribution in [2.75, 3.05) is 11.7 Å². The zero-order valence-corrected chi connectivity index (χ0v) is 10.5. The highest BCUT2D eigenvalue weighted by Gasteiger charge is 2.05. The molecule has 8 heteroatoms. The van der Waals surface area contributed by atoms with Crippen LogP contribution in [0.25, 0.3) is 0 Å². The Bertz CT molecular complexity index is 620. The molecule has 0 saturated heterocycles. The van der Waals surface area contributed by atoms with E-state index >= 15 is 0 Å². The first-order chi connectivity index (χ1) is 8.31. The average molecular weight is 271 g/mol. The van der Waals surface area contributed by atoms with Gasteiger partial charge in [-0.25, -0.2) is 4.39 Å². The molecule has 0 saturated carbocycles. The van der Waals surface area contributed by atoms with Gasteiger partial charge in [0.2, 0.25) is 5.90 Å². The monoisotopic (exact) mass is 271 g/mol. The van der Waals surface area contributed by atoms with Gasteiger partial charge in [-0.1, -0.05) is 0 Å². The summed E-state index contributed by atoms with van der Waals surface area (Å²) in [5, 5.41) is 12.2. The molecule has 96 valence electrons. The van der Waals surface area contributed by atoms with E-state index in [0.717, 1.165) is 12.3 Å². The van der Waals surface area contributed by atoms with E-state index in [1.54, 1.807) is 6.07 Å². The summed E-state index contributed by atoms with van der Waals surface area (Å²) in [4.78, 5) is 0. The van der Waals surface area contributed by atoms with Crippen LogP contribution in [0.3, 0.4) is 0 Å². The van der Waals surface area contributed by atoms with Gasteiger partial charge in [0, 0.05) is 6.92 Å². The largest absolute Gasteiger partial charge is 0.365 e. The first kappa shape index (κ1) is 13.9. The van der Waals surface area contributed by atoms with Crippen molar-refractivity contribution in [3.8, 4) is 6.07 Å². The molecule has 0 radical (unpaired) electrons. The van der Waals surface area contributed by atoms with Crippen LogP contribution in [0.1, 0.15) is 12.5 Å². The molecule has 18 heavy (non-hydrogen) atoms. The Morgan fingerprint density at radius 2 is 2.22 bits per heavy atom. The Balaban J connectivity index is 2.81. The standard InChI is InChI=1S/C10H10FN3O3S/c1-7(17-18(2,15)16)13-14-9-3-4-10(11)8(5-9)6-12/h3-5,14H,1-2H3/b13-7-. The van der Waals surface area contributed by atoms with Crippen LogP contribution >= 0.6 is 0 Å². The van der Waals surface area contributed by atoms with Gasteiger partial charge in [-0.2, -0.15) is 13.7 Å². The molecule has 6 nitrogen and oxygen atoms in total. The molecular formula is C10H10FN3O3S. The van der Waals surface area contributed by atoms with Gasteiger partial charge in [-0.3, -0.25) is 5.43 Å². The second-order valence-electron chi connectivity index (χ2n) is 3.34. The number of benzene rings is 1. The summed E-state index contributed by atoms with van der Waals surface area (Å²) < 4.78 is 39.0. The Morgan fingerprint density at radius 3 is 2.78 bits per heavy atom. The van der Waals surface area contributed by atoms with Crippen molar-refractivity contribution >= 4 is 21.7 Å². The fourth-order valence-corrected chi connectivity index (χ4v) is 1.54. The van der Waals surface area contributed by atoms with Crippen LogP contribution in [0.2, 0.25) is 0 Å². The fraction of sp³-hybridized carbons (Fsp3) is 0.200. The molecule has 1 rings (SSSR count). The maximum Gasteiger partial charge on any atom is 0.307 e. The van der Waals surface area contributed by atoms with Crippen molar-refractivity contribution in [2.24, 2.45) is 5.10 Å². The molecule has 0 aliphatic carbocycles. The summed E-state index contributed by atoms with van der Waals surface area (Å²) in [6, 6.07) is 5.37. The molecule has 0 spiro atoms. The minimum Gasteiger partial charge on any atom is -0.365 e. The van der Waals surface area contributed by atoms with Crippen LogP contribution in [0.4, 0.5) is 10.1 Å². The second-order valence-corrected chi connectivity index (χ2v) is 4.91. The molecule has 0 aliphatic heterocycles. The summed E-state index contributed by atoms with van der Waals surface area (Å²) in [7, 11) is -3.63. The van der Waals surface area contributed by atoms with E-state index in [-0.39, 0.29) is 11.5 Å². The van der Waals surface area contributed by atoms with Gasteiger partial charge in [-0.15, -0.1) is 5.10 Å². The zero-order valence-electron chi connectivity index (χ0n) is 9.64. The van der Waals surface area contributed by atoms with Crippen molar-refractivity contribution in [3.05, 3.63) is 29.6 Å². The first-order valence-electron chi connectivity index (χ1n) is 4.71. The minimum absolute atomic E-state index is 0.125. The number of rotatable bonds is 3. The quantitative estimate of drug-likeness (QED) is 0.388. The van der Waals surface area contributed by atoms with Crippen LogP contribution in [-0.4, -0.2) is 20.6 Å². The smallest absolute Gasteiger partial charge is 0.307 e. The van der Waals surface area contributed by atoms with Crippen molar-refractivity contribution in [1.82, 2.24) is 0 Å². The van der Waals surface area contributed by atoms with Crippen molar-refractivity contribution in [1.29, 1.82) is 5.26 Å². The van der Waals surface area contributed by atoms with Crippen LogP contribution in [0.5, 0.6) is 0 Å². The van der Waals surface area contributed by atoms with Gasteiger partial charge >= 0.3 is 10.1 Å². The van der Waals surface area contributed by atoms with Gasteiger partial charge < -0.3 is 4.18 Å². The lowest BCUT2D eigenvalue weighted by atomic mass is 10.2. The Hall–Kier alpha value is -2.14. The molecule has 0 amide bonds. The summed E-state index contributed by atoms with van der Waals surface area (Å²) in [6.45, 7) is 1.34. The van der Waals surface area contributed by atoms with E-state index in [2.05, 4.69) is 14.7 Å². The summed E-state index contributed by atoms with van der Waals surface area (Å²) in [5.74, 6) is -0.767. The topological polar surface area (TPSA) is 91.5 Å². The van der Waals surface area contributed by atoms with E-state index in [1.807, 2.05) is 0 Å². The number of nitriles is 1. The predicted octanol–water partition coefficient (Wildman–Crippen LogP) is 1.42. The lowest BCUT2D eigenvalue weighted by Crippen LogP contribution is -2.09. The van der Waals surface area contributed by atoms with Gasteiger partial charge in [0.05, 0.1) is 17.5 Å². The van der Waals surface area contributed by atoms with E-state index in [9.17, 15) is 12.8 Å². The van der Waals surface area contributed by atoms with Crippen molar-refractivity contribution in [3.63, 3.8) is 0 Å². The zero-order chi connectivity index (χ0) is 13.8. The molecular weight excluding hydrogens is 261 g/mol. The third-order valence-corrected chi connectivity index (χ3v) is 2.25. The number of hydrazone groups is 1. The van der Waals surface area contributed by atoms with E-state index < -0.39 is 15.9 Å². The molecule has 1 N–H and O–H groups in total. The third-order valence-electron chi connectivity index (χ3n) is 1.70. The van der Waals surface area contributed by atoms with E-state index in [0.29, 0.717) is 5.69 Å². The van der Waals surface area contributed by atoms with E-state index in [1.165, 1.54) is 19.1 Å². The molecule has 0 aliphatic rings. The average Bonchev–Trinajstić information content (AvgIpc) is 2.25. The molecule has 1 aromatic carbocycles. The lowest BCUT2D eigenvalue weighted by molar-refractivity contribution is 0.486. The lowest BCUT2D eigenvalue weighted by Gasteiger charge is -2.04. The molecule has 0 atom stereocenters. The Kier molecular flexibility index (Phi) is 4.23. The normalized spacial score (nSPS) is 11.8. The SMILES string of the molecule is C/C(=N/Nc1ccc(F)c(C#N)c1)OS(C)(=O)=O. The molecule has 0 aromatic heterocycles. The van der Waals surface area contributed by atoms with Crippen LogP contribution < -0.4 is 5.43 Å². The molecule has 0 heterocycles. The summed E-state index contributed by atoms with van der Waals surface area (Å²) in [5.41, 5.74) is 2.65.